The molecule has 0 radical (unpaired) electrons. The standard InChI is InChI=1S/C23H28N2O3S/c1-2-21(17-7-4-3-5-8-17)22-9-6-16-25(22)23(26)18-10-14-20(15-11-18)29(27,28)24-19-12-13-19/h3-5,7-8,10-11,14-15,19,21-22,24H,2,6,9,12-13,16H2,1H3/t21-,22+/m0/s1. The number of hydrogen-bond acceptors (Lipinski definition) is 3. The van der Waals surface area contributed by atoms with E-state index < -0.39 is 10.0 Å². The Balaban J connectivity index is 1.52. The zero-order chi connectivity index (χ0) is 20.4. The number of sulfonamides is 1. The molecule has 2 atom stereocenters. The van der Waals surface area contributed by atoms with Crippen molar-refractivity contribution < 1.29 is 13.2 Å². The molecule has 0 unspecified atom stereocenters. The molecular formula is C23H28N2O3S. The van der Waals surface area contributed by atoms with Gasteiger partial charge in [0.25, 0.3) is 5.91 Å². The molecule has 2 aliphatic rings. The Kier molecular flexibility index (Phi) is 5.74. The van der Waals surface area contributed by atoms with Crippen LogP contribution in [0.4, 0.5) is 0 Å². The first-order valence-corrected chi connectivity index (χ1v) is 12.0. The molecule has 1 N–H and O–H groups in total. The number of carbonyl (C=O) groups excluding carboxylic acids is 1. The summed E-state index contributed by atoms with van der Waals surface area (Å²) in [5, 5.41) is 0. The van der Waals surface area contributed by atoms with Crippen LogP contribution in [0.3, 0.4) is 0 Å². The van der Waals surface area contributed by atoms with Crippen molar-refractivity contribution in [2.24, 2.45) is 0 Å². The second-order valence-electron chi connectivity index (χ2n) is 8.05. The van der Waals surface area contributed by atoms with Gasteiger partial charge >= 0.3 is 0 Å². The van der Waals surface area contributed by atoms with Crippen LogP contribution >= 0.6 is 0 Å². The summed E-state index contributed by atoms with van der Waals surface area (Å²) in [5.41, 5.74) is 1.82. The number of hydrogen-bond donors (Lipinski definition) is 1. The first-order valence-electron chi connectivity index (χ1n) is 10.5. The highest BCUT2D eigenvalue weighted by Gasteiger charge is 2.35. The van der Waals surface area contributed by atoms with Crippen molar-refractivity contribution in [1.82, 2.24) is 9.62 Å². The van der Waals surface area contributed by atoms with Gasteiger partial charge in [-0.2, -0.15) is 0 Å². The van der Waals surface area contributed by atoms with Crippen LogP contribution in [-0.2, 0) is 10.0 Å². The lowest BCUT2D eigenvalue weighted by Crippen LogP contribution is -2.39. The summed E-state index contributed by atoms with van der Waals surface area (Å²) in [5.74, 6) is 0.297. The predicted molar refractivity (Wildman–Crippen MR) is 113 cm³/mol. The summed E-state index contributed by atoms with van der Waals surface area (Å²) in [4.78, 5) is 15.4. The smallest absolute Gasteiger partial charge is 0.254 e. The Hall–Kier alpha value is -2.18. The van der Waals surface area contributed by atoms with E-state index in [1.54, 1.807) is 12.1 Å². The van der Waals surface area contributed by atoms with Crippen LogP contribution in [-0.4, -0.2) is 37.9 Å². The minimum atomic E-state index is -3.50. The monoisotopic (exact) mass is 412 g/mol. The fourth-order valence-corrected chi connectivity index (χ4v) is 5.63. The van der Waals surface area contributed by atoms with E-state index in [4.69, 9.17) is 0 Å². The summed E-state index contributed by atoms with van der Waals surface area (Å²) in [7, 11) is -3.50. The molecule has 2 aromatic rings. The molecule has 1 amide bonds. The number of rotatable bonds is 7. The third kappa shape index (κ3) is 4.38. The fourth-order valence-electron chi connectivity index (χ4n) is 4.32. The maximum atomic E-state index is 13.2. The van der Waals surface area contributed by atoms with Gasteiger partial charge in [0, 0.05) is 30.1 Å². The topological polar surface area (TPSA) is 66.5 Å². The SMILES string of the molecule is CC[C@@H](c1ccccc1)[C@H]1CCCN1C(=O)c1ccc(S(=O)(=O)NC2CC2)cc1. The van der Waals surface area contributed by atoms with Gasteiger partial charge < -0.3 is 4.90 Å². The first-order chi connectivity index (χ1) is 14.0. The van der Waals surface area contributed by atoms with Crippen LogP contribution in [0.1, 0.15) is 60.9 Å². The van der Waals surface area contributed by atoms with E-state index in [1.165, 1.54) is 17.7 Å². The van der Waals surface area contributed by atoms with Crippen molar-refractivity contribution in [1.29, 1.82) is 0 Å². The minimum absolute atomic E-state index is 0.0130. The Morgan fingerprint density at radius 1 is 1.07 bits per heavy atom. The van der Waals surface area contributed by atoms with Crippen molar-refractivity contribution in [2.45, 2.75) is 61.9 Å². The van der Waals surface area contributed by atoms with Crippen molar-refractivity contribution in [3.05, 3.63) is 65.7 Å². The number of nitrogens with one attached hydrogen (secondary N) is 1. The van der Waals surface area contributed by atoms with E-state index in [0.717, 1.165) is 38.6 Å². The Labute approximate surface area is 173 Å². The largest absolute Gasteiger partial charge is 0.335 e. The van der Waals surface area contributed by atoms with E-state index >= 15 is 0 Å². The molecule has 1 saturated heterocycles. The Morgan fingerprint density at radius 3 is 2.38 bits per heavy atom. The molecule has 0 bridgehead atoms. The van der Waals surface area contributed by atoms with Crippen LogP contribution in [0.25, 0.3) is 0 Å². The minimum Gasteiger partial charge on any atom is -0.335 e. The third-order valence-electron chi connectivity index (χ3n) is 6.00. The molecule has 29 heavy (non-hydrogen) atoms. The fraction of sp³-hybridized carbons (Fsp3) is 0.435. The van der Waals surface area contributed by atoms with E-state index in [-0.39, 0.29) is 22.9 Å². The number of amides is 1. The van der Waals surface area contributed by atoms with Crippen LogP contribution in [0, 0.1) is 0 Å². The highest BCUT2D eigenvalue weighted by atomic mass is 32.2. The van der Waals surface area contributed by atoms with Gasteiger partial charge in [-0.25, -0.2) is 13.1 Å². The van der Waals surface area contributed by atoms with Crippen molar-refractivity contribution in [3.63, 3.8) is 0 Å². The van der Waals surface area contributed by atoms with Crippen molar-refractivity contribution >= 4 is 15.9 Å². The maximum absolute atomic E-state index is 13.2. The van der Waals surface area contributed by atoms with Gasteiger partial charge in [0.15, 0.2) is 0 Å². The summed E-state index contributed by atoms with van der Waals surface area (Å²) >= 11 is 0. The molecule has 0 spiro atoms. The summed E-state index contributed by atoms with van der Waals surface area (Å²) in [6.07, 6.45) is 4.76. The van der Waals surface area contributed by atoms with E-state index in [9.17, 15) is 13.2 Å². The molecule has 154 valence electrons. The quantitative estimate of drug-likeness (QED) is 0.749. The maximum Gasteiger partial charge on any atom is 0.254 e. The molecule has 4 rings (SSSR count). The molecule has 0 aromatic heterocycles. The molecule has 1 aliphatic heterocycles. The highest BCUT2D eigenvalue weighted by Crippen LogP contribution is 2.34. The van der Waals surface area contributed by atoms with Gasteiger partial charge in [-0.05, 0) is 61.9 Å². The number of benzene rings is 2. The first kappa shape index (κ1) is 20.1. The average molecular weight is 413 g/mol. The number of nitrogens with zero attached hydrogens (tertiary/aromatic N) is 1. The van der Waals surface area contributed by atoms with Gasteiger partial charge in [0.1, 0.15) is 0 Å². The van der Waals surface area contributed by atoms with E-state index in [1.807, 2.05) is 23.1 Å². The van der Waals surface area contributed by atoms with Gasteiger partial charge in [0.2, 0.25) is 10.0 Å². The lowest BCUT2D eigenvalue weighted by Gasteiger charge is -2.31. The summed E-state index contributed by atoms with van der Waals surface area (Å²) in [6.45, 7) is 2.92. The van der Waals surface area contributed by atoms with Gasteiger partial charge in [0.05, 0.1) is 4.90 Å². The Morgan fingerprint density at radius 2 is 1.76 bits per heavy atom. The second-order valence-corrected chi connectivity index (χ2v) is 9.77. The lowest BCUT2D eigenvalue weighted by molar-refractivity contribution is 0.0714. The normalized spacial score (nSPS) is 20.6. The predicted octanol–water partition coefficient (Wildman–Crippen LogP) is 3.93. The van der Waals surface area contributed by atoms with Gasteiger partial charge in [-0.3, -0.25) is 4.79 Å². The molecule has 2 aromatic carbocycles. The molecular weight excluding hydrogens is 384 g/mol. The molecule has 1 aliphatic carbocycles. The zero-order valence-corrected chi connectivity index (χ0v) is 17.6. The molecule has 1 heterocycles. The molecule has 6 heteroatoms. The Bertz CT molecular complexity index is 953. The third-order valence-corrected chi connectivity index (χ3v) is 7.54. The summed E-state index contributed by atoms with van der Waals surface area (Å²) in [6, 6.07) is 17.0. The van der Waals surface area contributed by atoms with E-state index in [2.05, 4.69) is 23.8 Å². The lowest BCUT2D eigenvalue weighted by atomic mass is 9.87. The molecule has 2 fully saturated rings. The van der Waals surface area contributed by atoms with Crippen LogP contribution in [0.15, 0.2) is 59.5 Å². The van der Waals surface area contributed by atoms with Gasteiger partial charge in [-0.15, -0.1) is 0 Å². The van der Waals surface area contributed by atoms with E-state index in [0.29, 0.717) is 11.5 Å². The van der Waals surface area contributed by atoms with Crippen LogP contribution < -0.4 is 4.72 Å². The van der Waals surface area contributed by atoms with Crippen LogP contribution in [0.2, 0.25) is 0 Å². The van der Waals surface area contributed by atoms with Crippen LogP contribution in [0.5, 0.6) is 0 Å². The highest BCUT2D eigenvalue weighted by molar-refractivity contribution is 7.89. The van der Waals surface area contributed by atoms with Crippen molar-refractivity contribution in [3.8, 4) is 0 Å². The second kappa shape index (κ2) is 8.28. The average Bonchev–Trinajstić information content (AvgIpc) is 3.41. The van der Waals surface area contributed by atoms with Gasteiger partial charge in [-0.1, -0.05) is 37.3 Å². The number of carbonyl (C=O) groups is 1. The number of likely N-dealkylation sites (tertiary alicyclic amines) is 1. The van der Waals surface area contributed by atoms with Crippen molar-refractivity contribution in [2.75, 3.05) is 6.54 Å². The summed E-state index contributed by atoms with van der Waals surface area (Å²) < 4.78 is 27.4. The molecule has 1 saturated carbocycles. The molecule has 5 nitrogen and oxygen atoms in total. The zero-order valence-electron chi connectivity index (χ0n) is 16.8.